The van der Waals surface area contributed by atoms with Gasteiger partial charge in [0.2, 0.25) is 0 Å². The first-order valence-corrected chi connectivity index (χ1v) is 7.85. The SMILES string of the molecule is CC(N=O)c1ccc(OCC(O)(Cn2cncn2)C(C)(C)C)cc1. The molecule has 2 atom stereocenters. The van der Waals surface area contributed by atoms with Crippen LogP contribution in [0.3, 0.4) is 0 Å². The minimum absolute atomic E-state index is 0.108. The number of hydrogen-bond donors (Lipinski definition) is 1. The van der Waals surface area contributed by atoms with Gasteiger partial charge in [0.25, 0.3) is 0 Å². The molecule has 0 aliphatic carbocycles. The number of ether oxygens (including phenoxy) is 1. The molecular formula is C17H24N4O3. The second kappa shape index (κ2) is 7.09. The van der Waals surface area contributed by atoms with Crippen LogP contribution in [0.4, 0.5) is 0 Å². The maximum absolute atomic E-state index is 11.1. The van der Waals surface area contributed by atoms with Crippen molar-refractivity contribution in [2.24, 2.45) is 10.6 Å². The van der Waals surface area contributed by atoms with Gasteiger partial charge in [0.15, 0.2) is 0 Å². The van der Waals surface area contributed by atoms with E-state index in [0.717, 1.165) is 5.56 Å². The lowest BCUT2D eigenvalue weighted by Gasteiger charge is -2.39. The summed E-state index contributed by atoms with van der Waals surface area (Å²) in [5.74, 6) is 0.623. The summed E-state index contributed by atoms with van der Waals surface area (Å²) >= 11 is 0. The van der Waals surface area contributed by atoms with Crippen molar-refractivity contribution >= 4 is 0 Å². The van der Waals surface area contributed by atoms with E-state index >= 15 is 0 Å². The fourth-order valence-electron chi connectivity index (χ4n) is 2.19. The maximum atomic E-state index is 11.1. The molecule has 7 nitrogen and oxygen atoms in total. The highest BCUT2D eigenvalue weighted by molar-refractivity contribution is 5.29. The van der Waals surface area contributed by atoms with Gasteiger partial charge in [-0.1, -0.05) is 38.1 Å². The third-order valence-electron chi connectivity index (χ3n) is 4.28. The largest absolute Gasteiger partial charge is 0.490 e. The molecule has 0 saturated carbocycles. The number of nitrogens with zero attached hydrogens (tertiary/aromatic N) is 4. The van der Waals surface area contributed by atoms with Gasteiger partial charge in [-0.2, -0.15) is 10.0 Å². The third-order valence-corrected chi connectivity index (χ3v) is 4.28. The van der Waals surface area contributed by atoms with Gasteiger partial charge in [-0.3, -0.25) is 0 Å². The highest BCUT2D eigenvalue weighted by atomic mass is 16.5. The van der Waals surface area contributed by atoms with Crippen molar-refractivity contribution in [3.63, 3.8) is 0 Å². The van der Waals surface area contributed by atoms with Crippen LogP contribution in [0, 0.1) is 10.3 Å². The number of rotatable bonds is 7. The molecule has 0 amide bonds. The van der Waals surface area contributed by atoms with Crippen LogP contribution in [0.15, 0.2) is 42.1 Å². The molecule has 1 aromatic carbocycles. The average Bonchev–Trinajstić information content (AvgIpc) is 3.04. The Morgan fingerprint density at radius 2 is 1.96 bits per heavy atom. The van der Waals surface area contributed by atoms with E-state index in [4.69, 9.17) is 4.74 Å². The van der Waals surface area contributed by atoms with E-state index in [-0.39, 0.29) is 13.2 Å². The molecule has 0 aliphatic rings. The van der Waals surface area contributed by atoms with E-state index in [1.807, 2.05) is 20.8 Å². The number of hydrogen-bond acceptors (Lipinski definition) is 6. The fourth-order valence-corrected chi connectivity index (χ4v) is 2.19. The Morgan fingerprint density at radius 1 is 1.29 bits per heavy atom. The minimum Gasteiger partial charge on any atom is -0.490 e. The third kappa shape index (κ3) is 4.17. The summed E-state index contributed by atoms with van der Waals surface area (Å²) in [4.78, 5) is 14.5. The highest BCUT2D eigenvalue weighted by Crippen LogP contribution is 2.32. The van der Waals surface area contributed by atoms with Crippen LogP contribution >= 0.6 is 0 Å². The normalized spacial score (nSPS) is 15.5. The van der Waals surface area contributed by atoms with Crippen molar-refractivity contribution in [1.29, 1.82) is 0 Å². The van der Waals surface area contributed by atoms with E-state index in [9.17, 15) is 10.0 Å². The van der Waals surface area contributed by atoms with Crippen LogP contribution in [-0.4, -0.2) is 32.1 Å². The average molecular weight is 332 g/mol. The number of nitroso groups, excluding NO2 is 1. The summed E-state index contributed by atoms with van der Waals surface area (Å²) in [5, 5.41) is 18.2. The van der Waals surface area contributed by atoms with Gasteiger partial charge in [-0.15, -0.1) is 0 Å². The molecule has 1 heterocycles. The molecular weight excluding hydrogens is 308 g/mol. The second-order valence-corrected chi connectivity index (χ2v) is 7.01. The van der Waals surface area contributed by atoms with E-state index in [1.54, 1.807) is 42.2 Å². The highest BCUT2D eigenvalue weighted by Gasteiger charge is 2.41. The lowest BCUT2D eigenvalue weighted by Crippen LogP contribution is -2.51. The number of aliphatic hydroxyl groups is 1. The van der Waals surface area contributed by atoms with Gasteiger partial charge in [0, 0.05) is 0 Å². The van der Waals surface area contributed by atoms with Crippen LogP contribution in [-0.2, 0) is 6.54 Å². The van der Waals surface area contributed by atoms with Gasteiger partial charge < -0.3 is 9.84 Å². The predicted octanol–water partition coefficient (Wildman–Crippen LogP) is 2.96. The molecule has 1 N–H and O–H groups in total. The van der Waals surface area contributed by atoms with Crippen LogP contribution in [0.2, 0.25) is 0 Å². The van der Waals surface area contributed by atoms with Crippen molar-refractivity contribution in [2.75, 3.05) is 6.61 Å². The molecule has 24 heavy (non-hydrogen) atoms. The van der Waals surface area contributed by atoms with Crippen LogP contribution < -0.4 is 4.74 Å². The van der Waals surface area contributed by atoms with Crippen molar-refractivity contribution in [2.45, 2.75) is 45.9 Å². The van der Waals surface area contributed by atoms with Crippen molar-refractivity contribution in [3.05, 3.63) is 47.4 Å². The van der Waals surface area contributed by atoms with E-state index in [0.29, 0.717) is 5.75 Å². The molecule has 0 fully saturated rings. The van der Waals surface area contributed by atoms with Crippen LogP contribution in [0.5, 0.6) is 5.75 Å². The first-order chi connectivity index (χ1) is 11.2. The summed E-state index contributed by atoms with van der Waals surface area (Å²) in [6, 6.07) is 6.76. The van der Waals surface area contributed by atoms with Crippen molar-refractivity contribution in [1.82, 2.24) is 14.8 Å². The van der Waals surface area contributed by atoms with E-state index in [2.05, 4.69) is 15.3 Å². The molecule has 2 unspecified atom stereocenters. The van der Waals surface area contributed by atoms with Gasteiger partial charge in [0.05, 0.1) is 6.54 Å². The molecule has 0 spiro atoms. The molecule has 2 rings (SSSR count). The Bertz CT molecular complexity index is 649. The maximum Gasteiger partial charge on any atom is 0.137 e. The second-order valence-electron chi connectivity index (χ2n) is 7.01. The molecule has 7 heteroatoms. The topological polar surface area (TPSA) is 89.6 Å². The predicted molar refractivity (Wildman–Crippen MR) is 90.6 cm³/mol. The van der Waals surface area contributed by atoms with Crippen LogP contribution in [0.1, 0.15) is 39.3 Å². The Morgan fingerprint density at radius 3 is 2.46 bits per heavy atom. The smallest absolute Gasteiger partial charge is 0.137 e. The molecule has 0 aliphatic heterocycles. The molecule has 0 saturated heterocycles. The first kappa shape index (κ1) is 18.1. The minimum atomic E-state index is -1.13. The molecule has 0 bridgehead atoms. The molecule has 2 aromatic rings. The summed E-state index contributed by atoms with van der Waals surface area (Å²) in [5.41, 5.74) is -0.725. The quantitative estimate of drug-likeness (QED) is 0.787. The summed E-state index contributed by atoms with van der Waals surface area (Å²) in [7, 11) is 0. The zero-order chi connectivity index (χ0) is 17.8. The van der Waals surface area contributed by atoms with Gasteiger partial charge >= 0.3 is 0 Å². The number of aromatic nitrogens is 3. The van der Waals surface area contributed by atoms with Crippen LogP contribution in [0.25, 0.3) is 0 Å². The van der Waals surface area contributed by atoms with Gasteiger partial charge in [-0.05, 0) is 30.0 Å². The summed E-state index contributed by atoms with van der Waals surface area (Å²) in [6.45, 7) is 7.98. The Balaban J connectivity index is 2.09. The zero-order valence-electron chi connectivity index (χ0n) is 14.5. The van der Waals surface area contributed by atoms with Crippen molar-refractivity contribution < 1.29 is 9.84 Å². The van der Waals surface area contributed by atoms with E-state index in [1.165, 1.54) is 6.33 Å². The monoisotopic (exact) mass is 332 g/mol. The first-order valence-electron chi connectivity index (χ1n) is 7.85. The van der Waals surface area contributed by atoms with Gasteiger partial charge in [0.1, 0.15) is 36.7 Å². The lowest BCUT2D eigenvalue weighted by molar-refractivity contribution is -0.101. The molecule has 130 valence electrons. The summed E-state index contributed by atoms with van der Waals surface area (Å²) in [6.07, 6.45) is 3.00. The Kier molecular flexibility index (Phi) is 5.33. The standard InChI is InChI=1S/C17H24N4O3/c1-13(20-23)14-5-7-15(8-6-14)24-10-17(22,16(2,3)4)9-21-12-18-11-19-21/h5-8,11-13,22H,9-10H2,1-4H3. The van der Waals surface area contributed by atoms with Gasteiger partial charge in [-0.25, -0.2) is 9.67 Å². The Hall–Kier alpha value is -2.28. The number of benzene rings is 1. The molecule has 0 radical (unpaired) electrons. The summed E-state index contributed by atoms with van der Waals surface area (Å²) < 4.78 is 7.39. The molecule has 1 aromatic heterocycles. The zero-order valence-corrected chi connectivity index (χ0v) is 14.5. The van der Waals surface area contributed by atoms with E-state index < -0.39 is 17.1 Å². The van der Waals surface area contributed by atoms with Crippen molar-refractivity contribution in [3.8, 4) is 5.75 Å². The Labute approximate surface area is 141 Å². The lowest BCUT2D eigenvalue weighted by atomic mass is 9.77. The fraction of sp³-hybridized carbons (Fsp3) is 0.529.